The molecule has 1 rings (SSSR count). The van der Waals surface area contributed by atoms with Crippen molar-refractivity contribution in [2.45, 2.75) is 11.9 Å². The lowest BCUT2D eigenvalue weighted by atomic mass is 10.2. The first-order valence-corrected chi connectivity index (χ1v) is 7.37. The fourth-order valence-electron chi connectivity index (χ4n) is 1.58. The monoisotopic (exact) mass is 316 g/mol. The summed E-state index contributed by atoms with van der Waals surface area (Å²) in [6, 6.07) is 2.26. The van der Waals surface area contributed by atoms with Crippen LogP contribution >= 0.6 is 0 Å². The Kier molecular flexibility index (Phi) is 5.39. The first-order valence-electron chi connectivity index (χ1n) is 5.93. The molecule has 0 aliphatic heterocycles. The Morgan fingerprint density at radius 2 is 2.05 bits per heavy atom. The number of ether oxygens (including phenoxy) is 1. The molecule has 0 saturated carbocycles. The van der Waals surface area contributed by atoms with Gasteiger partial charge in [0.2, 0.25) is 0 Å². The lowest BCUT2D eigenvalue weighted by Gasteiger charge is -2.19. The molecule has 1 aromatic heterocycles. The van der Waals surface area contributed by atoms with E-state index in [2.05, 4.69) is 9.72 Å². The first-order chi connectivity index (χ1) is 9.70. The molecule has 0 bridgehead atoms. The summed E-state index contributed by atoms with van der Waals surface area (Å²) in [6.07, 6.45) is 0.965. The van der Waals surface area contributed by atoms with Gasteiger partial charge in [0.1, 0.15) is 0 Å². The van der Waals surface area contributed by atoms with Crippen LogP contribution < -0.4 is 0 Å². The maximum atomic E-state index is 12.2. The summed E-state index contributed by atoms with van der Waals surface area (Å²) >= 11 is 0. The van der Waals surface area contributed by atoms with Crippen molar-refractivity contribution >= 4 is 22.0 Å². The number of esters is 1. The molecule has 1 atom stereocenters. The molecule has 8 nitrogen and oxygen atoms in total. The third-order valence-corrected chi connectivity index (χ3v) is 4.53. The van der Waals surface area contributed by atoms with Gasteiger partial charge in [0.05, 0.1) is 18.6 Å². The molecule has 0 aliphatic carbocycles. The van der Waals surface area contributed by atoms with Gasteiger partial charge in [-0.2, -0.15) is 4.31 Å². The number of pyridine rings is 1. The van der Waals surface area contributed by atoms with Crippen molar-refractivity contribution in [2.75, 3.05) is 20.7 Å². The summed E-state index contributed by atoms with van der Waals surface area (Å²) < 4.78 is 29.9. The second-order valence-electron chi connectivity index (χ2n) is 4.40. The van der Waals surface area contributed by atoms with Crippen molar-refractivity contribution in [3.8, 4) is 0 Å². The number of methoxy groups -OCH3 is 1. The van der Waals surface area contributed by atoms with E-state index in [9.17, 15) is 18.0 Å². The predicted molar refractivity (Wildman–Crippen MR) is 72.2 cm³/mol. The molecule has 0 aromatic carbocycles. The van der Waals surface area contributed by atoms with Gasteiger partial charge in [-0.25, -0.2) is 18.2 Å². The Morgan fingerprint density at radius 1 is 1.43 bits per heavy atom. The van der Waals surface area contributed by atoms with E-state index in [0.717, 1.165) is 22.6 Å². The number of hydrogen-bond acceptors (Lipinski definition) is 6. The van der Waals surface area contributed by atoms with E-state index >= 15 is 0 Å². The van der Waals surface area contributed by atoms with Crippen molar-refractivity contribution in [3.05, 3.63) is 23.9 Å². The Labute approximate surface area is 122 Å². The van der Waals surface area contributed by atoms with Crippen LogP contribution in [0.2, 0.25) is 0 Å². The molecule has 0 spiro atoms. The SMILES string of the molecule is COC(=O)C(C)CN(C)S(=O)(=O)c1ccc(C(=O)O)cn1. The van der Waals surface area contributed by atoms with Crippen molar-refractivity contribution < 1.29 is 27.9 Å². The molecule has 21 heavy (non-hydrogen) atoms. The molecule has 116 valence electrons. The van der Waals surface area contributed by atoms with Crippen LogP contribution in [-0.2, 0) is 19.6 Å². The van der Waals surface area contributed by atoms with Crippen LogP contribution in [0.15, 0.2) is 23.4 Å². The number of carbonyl (C=O) groups excluding carboxylic acids is 1. The van der Waals surface area contributed by atoms with Gasteiger partial charge in [0.15, 0.2) is 5.03 Å². The van der Waals surface area contributed by atoms with E-state index < -0.39 is 27.9 Å². The number of aromatic carboxylic acids is 1. The first kappa shape index (κ1) is 17.1. The van der Waals surface area contributed by atoms with Crippen LogP contribution in [0.25, 0.3) is 0 Å². The van der Waals surface area contributed by atoms with Crippen molar-refractivity contribution in [1.82, 2.24) is 9.29 Å². The minimum atomic E-state index is -3.90. The van der Waals surface area contributed by atoms with Crippen LogP contribution in [0.5, 0.6) is 0 Å². The molecule has 1 heterocycles. The highest BCUT2D eigenvalue weighted by molar-refractivity contribution is 7.89. The number of aromatic nitrogens is 1. The molecule has 0 radical (unpaired) electrons. The number of carbonyl (C=O) groups is 2. The number of hydrogen-bond donors (Lipinski definition) is 1. The highest BCUT2D eigenvalue weighted by Crippen LogP contribution is 2.14. The number of carboxylic acids is 1. The molecular weight excluding hydrogens is 300 g/mol. The fraction of sp³-hybridized carbons (Fsp3) is 0.417. The van der Waals surface area contributed by atoms with E-state index in [0.29, 0.717) is 0 Å². The van der Waals surface area contributed by atoms with Gasteiger partial charge in [-0.1, -0.05) is 6.92 Å². The molecule has 1 N–H and O–H groups in total. The van der Waals surface area contributed by atoms with Gasteiger partial charge < -0.3 is 9.84 Å². The smallest absolute Gasteiger partial charge is 0.337 e. The maximum Gasteiger partial charge on any atom is 0.337 e. The standard InChI is InChI=1S/C12H16N2O6S/c1-8(12(17)20-3)7-14(2)21(18,19)10-5-4-9(6-13-10)11(15)16/h4-6,8H,7H2,1-3H3,(H,15,16). The molecule has 9 heteroatoms. The van der Waals surface area contributed by atoms with Crippen LogP contribution in [0.4, 0.5) is 0 Å². The molecular formula is C12H16N2O6S. The van der Waals surface area contributed by atoms with Crippen LogP contribution in [-0.4, -0.2) is 55.5 Å². The zero-order chi connectivity index (χ0) is 16.2. The quantitative estimate of drug-likeness (QED) is 0.746. The summed E-state index contributed by atoms with van der Waals surface area (Å²) in [5.41, 5.74) is -0.112. The van der Waals surface area contributed by atoms with E-state index in [1.807, 2.05) is 0 Å². The summed E-state index contributed by atoms with van der Waals surface area (Å²) in [5.74, 6) is -2.35. The van der Waals surface area contributed by atoms with Gasteiger partial charge in [-0.3, -0.25) is 4.79 Å². The number of sulfonamides is 1. The minimum Gasteiger partial charge on any atom is -0.478 e. The Bertz CT molecular complexity index is 626. The maximum absolute atomic E-state index is 12.2. The second-order valence-corrected chi connectivity index (χ2v) is 6.39. The van der Waals surface area contributed by atoms with E-state index in [1.54, 1.807) is 6.92 Å². The molecule has 0 aliphatic rings. The predicted octanol–water partition coefficient (Wildman–Crippen LogP) is 0.209. The van der Waals surface area contributed by atoms with E-state index in [-0.39, 0.29) is 17.1 Å². The molecule has 1 unspecified atom stereocenters. The number of carboxylic acid groups (broad SMARTS) is 1. The zero-order valence-electron chi connectivity index (χ0n) is 11.8. The lowest BCUT2D eigenvalue weighted by molar-refractivity contribution is -0.144. The number of rotatable bonds is 6. The average Bonchev–Trinajstić information content (AvgIpc) is 2.46. The van der Waals surface area contributed by atoms with Crippen LogP contribution in [0.1, 0.15) is 17.3 Å². The zero-order valence-corrected chi connectivity index (χ0v) is 12.6. The second kappa shape index (κ2) is 6.64. The third kappa shape index (κ3) is 3.99. The van der Waals surface area contributed by atoms with Crippen molar-refractivity contribution in [2.24, 2.45) is 5.92 Å². The van der Waals surface area contributed by atoms with Crippen LogP contribution in [0.3, 0.4) is 0 Å². The molecule has 0 fully saturated rings. The van der Waals surface area contributed by atoms with Gasteiger partial charge in [-0.15, -0.1) is 0 Å². The Balaban J connectivity index is 2.94. The largest absolute Gasteiger partial charge is 0.478 e. The fourth-order valence-corrected chi connectivity index (χ4v) is 2.74. The Morgan fingerprint density at radius 3 is 2.48 bits per heavy atom. The van der Waals surface area contributed by atoms with E-state index in [4.69, 9.17) is 5.11 Å². The number of nitrogens with zero attached hydrogens (tertiary/aromatic N) is 2. The van der Waals surface area contributed by atoms with Crippen LogP contribution in [0, 0.1) is 5.92 Å². The lowest BCUT2D eigenvalue weighted by Crippen LogP contribution is -2.34. The Hall–Kier alpha value is -2.00. The highest BCUT2D eigenvalue weighted by Gasteiger charge is 2.26. The van der Waals surface area contributed by atoms with Crippen molar-refractivity contribution in [3.63, 3.8) is 0 Å². The van der Waals surface area contributed by atoms with Gasteiger partial charge in [0.25, 0.3) is 10.0 Å². The normalized spacial score (nSPS) is 13.0. The van der Waals surface area contributed by atoms with Crippen molar-refractivity contribution in [1.29, 1.82) is 0 Å². The average molecular weight is 316 g/mol. The minimum absolute atomic E-state index is 0.0721. The van der Waals surface area contributed by atoms with Gasteiger partial charge in [0, 0.05) is 19.8 Å². The van der Waals surface area contributed by atoms with Gasteiger partial charge >= 0.3 is 11.9 Å². The van der Waals surface area contributed by atoms with Gasteiger partial charge in [-0.05, 0) is 12.1 Å². The molecule has 0 saturated heterocycles. The summed E-state index contributed by atoms with van der Waals surface area (Å²) in [5, 5.41) is 8.46. The highest BCUT2D eigenvalue weighted by atomic mass is 32.2. The molecule has 1 aromatic rings. The van der Waals surface area contributed by atoms with E-state index in [1.165, 1.54) is 14.2 Å². The molecule has 0 amide bonds. The summed E-state index contributed by atoms with van der Waals surface area (Å²) in [4.78, 5) is 25.6. The summed E-state index contributed by atoms with van der Waals surface area (Å²) in [7, 11) is -1.37. The third-order valence-electron chi connectivity index (χ3n) is 2.79. The topological polar surface area (TPSA) is 114 Å². The summed E-state index contributed by atoms with van der Waals surface area (Å²) in [6.45, 7) is 1.47.